The van der Waals surface area contributed by atoms with E-state index in [1.54, 1.807) is 0 Å². The summed E-state index contributed by atoms with van der Waals surface area (Å²) in [6.45, 7) is 1.97. The molecule has 1 aliphatic rings. The summed E-state index contributed by atoms with van der Waals surface area (Å²) in [6, 6.07) is 0. The van der Waals surface area contributed by atoms with Crippen LogP contribution in [-0.4, -0.2) is 4.98 Å². The Morgan fingerprint density at radius 2 is 2.33 bits per heavy atom. The van der Waals surface area contributed by atoms with E-state index in [9.17, 15) is 0 Å². The van der Waals surface area contributed by atoms with Gasteiger partial charge in [0.2, 0.25) is 5.22 Å². The number of hydrogen-bond acceptors (Lipinski definition) is 3. The van der Waals surface area contributed by atoms with Crippen molar-refractivity contribution in [2.24, 2.45) is 5.73 Å². The summed E-state index contributed by atoms with van der Waals surface area (Å²) < 4.78 is 5.20. The summed E-state index contributed by atoms with van der Waals surface area (Å²) >= 11 is 5.84. The van der Waals surface area contributed by atoms with Crippen molar-refractivity contribution in [1.82, 2.24) is 4.98 Å². The van der Waals surface area contributed by atoms with Crippen LogP contribution in [0.25, 0.3) is 0 Å². The molecule has 0 spiro atoms. The van der Waals surface area contributed by atoms with Gasteiger partial charge in [0.25, 0.3) is 0 Å². The van der Waals surface area contributed by atoms with E-state index in [0.29, 0.717) is 11.1 Å². The molecule has 2 N–H and O–H groups in total. The Labute approximate surface area is 75.9 Å². The van der Waals surface area contributed by atoms with Gasteiger partial charge in [-0.15, -0.1) is 0 Å². The fraction of sp³-hybridized carbons (Fsp3) is 0.625. The number of nitrogens with two attached hydrogens (primary N) is 1. The van der Waals surface area contributed by atoms with Gasteiger partial charge in [-0.3, -0.25) is 0 Å². The number of oxazole rings is 1. The highest BCUT2D eigenvalue weighted by Crippen LogP contribution is 2.45. The number of aryl methyl sites for hydroxylation is 1. The van der Waals surface area contributed by atoms with E-state index in [1.807, 2.05) is 6.92 Å². The van der Waals surface area contributed by atoms with Crippen LogP contribution < -0.4 is 5.73 Å². The molecule has 1 aromatic heterocycles. The van der Waals surface area contributed by atoms with Crippen molar-refractivity contribution in [3.63, 3.8) is 0 Å². The maximum atomic E-state index is 5.93. The van der Waals surface area contributed by atoms with Crippen LogP contribution in [0.1, 0.15) is 31.4 Å². The number of aromatic nitrogens is 1. The average molecular weight is 187 g/mol. The molecule has 3 nitrogen and oxygen atoms in total. The normalized spacial score (nSPS) is 19.6. The predicted molar refractivity (Wildman–Crippen MR) is 46.0 cm³/mol. The molecule has 0 bridgehead atoms. The minimum atomic E-state index is -0.284. The molecular weight excluding hydrogens is 176 g/mol. The van der Waals surface area contributed by atoms with Gasteiger partial charge in [0.1, 0.15) is 5.69 Å². The first-order valence-electron chi connectivity index (χ1n) is 4.10. The van der Waals surface area contributed by atoms with E-state index in [2.05, 4.69) is 4.98 Å². The van der Waals surface area contributed by atoms with Crippen molar-refractivity contribution in [1.29, 1.82) is 0 Å². The number of nitrogens with zero attached hydrogens (tertiary/aromatic N) is 1. The van der Waals surface area contributed by atoms with Gasteiger partial charge in [-0.25, -0.2) is 4.98 Å². The molecule has 0 aromatic carbocycles. The maximum absolute atomic E-state index is 5.93. The van der Waals surface area contributed by atoms with Gasteiger partial charge in [0.15, 0.2) is 5.89 Å². The van der Waals surface area contributed by atoms with Crippen molar-refractivity contribution in [3.05, 3.63) is 16.8 Å². The van der Waals surface area contributed by atoms with Gasteiger partial charge in [0, 0.05) is 6.42 Å². The molecule has 0 unspecified atom stereocenters. The Hall–Kier alpha value is -0.540. The van der Waals surface area contributed by atoms with Crippen molar-refractivity contribution in [2.75, 3.05) is 0 Å². The van der Waals surface area contributed by atoms with Crippen LogP contribution in [0.2, 0.25) is 5.22 Å². The molecule has 1 aliphatic carbocycles. The van der Waals surface area contributed by atoms with Crippen LogP contribution in [0.5, 0.6) is 0 Å². The zero-order valence-electron chi connectivity index (χ0n) is 6.93. The molecule has 66 valence electrons. The SMILES string of the molecule is CCc1nc(C2(N)CC2)c(Cl)o1. The molecule has 1 heterocycles. The first kappa shape index (κ1) is 8.08. The molecule has 0 amide bonds. The third-order valence-electron chi connectivity index (χ3n) is 2.19. The molecule has 0 radical (unpaired) electrons. The maximum Gasteiger partial charge on any atom is 0.219 e. The smallest absolute Gasteiger partial charge is 0.219 e. The highest BCUT2D eigenvalue weighted by Gasteiger charge is 2.44. The average Bonchev–Trinajstić information content (AvgIpc) is 2.64. The predicted octanol–water partition coefficient (Wildman–Crippen LogP) is 1.84. The fourth-order valence-electron chi connectivity index (χ4n) is 1.17. The van der Waals surface area contributed by atoms with Gasteiger partial charge in [-0.1, -0.05) is 6.92 Å². The molecule has 1 saturated carbocycles. The van der Waals surface area contributed by atoms with Crippen LogP contribution >= 0.6 is 11.6 Å². The summed E-state index contributed by atoms with van der Waals surface area (Å²) in [5.41, 5.74) is 6.38. The van der Waals surface area contributed by atoms with Gasteiger partial charge in [-0.2, -0.15) is 0 Å². The molecule has 4 heteroatoms. The quantitative estimate of drug-likeness (QED) is 0.767. The number of halogens is 1. The molecule has 12 heavy (non-hydrogen) atoms. The summed E-state index contributed by atoms with van der Waals surface area (Å²) in [5.74, 6) is 0.673. The molecule has 1 fully saturated rings. The van der Waals surface area contributed by atoms with Gasteiger partial charge in [0.05, 0.1) is 5.54 Å². The lowest BCUT2D eigenvalue weighted by Crippen LogP contribution is -2.19. The molecule has 2 rings (SSSR count). The lowest BCUT2D eigenvalue weighted by molar-refractivity contribution is 0.502. The largest absolute Gasteiger partial charge is 0.429 e. The van der Waals surface area contributed by atoms with Crippen LogP contribution in [0, 0.1) is 0 Å². The topological polar surface area (TPSA) is 52.0 Å². The summed E-state index contributed by atoms with van der Waals surface area (Å²) in [6.07, 6.45) is 2.68. The third kappa shape index (κ3) is 1.13. The van der Waals surface area contributed by atoms with E-state index in [-0.39, 0.29) is 5.54 Å². The first-order chi connectivity index (χ1) is 5.65. The van der Waals surface area contributed by atoms with E-state index < -0.39 is 0 Å². The molecule has 0 saturated heterocycles. The van der Waals surface area contributed by atoms with Gasteiger partial charge >= 0.3 is 0 Å². The minimum Gasteiger partial charge on any atom is -0.429 e. The van der Waals surface area contributed by atoms with Crippen molar-refractivity contribution >= 4 is 11.6 Å². The highest BCUT2D eigenvalue weighted by atomic mass is 35.5. The van der Waals surface area contributed by atoms with Crippen LogP contribution in [0.3, 0.4) is 0 Å². The fourth-order valence-corrected chi connectivity index (χ4v) is 1.49. The Balaban J connectivity index is 2.37. The summed E-state index contributed by atoms with van der Waals surface area (Å²) in [5, 5.41) is 0.367. The van der Waals surface area contributed by atoms with Crippen LogP contribution in [0.15, 0.2) is 4.42 Å². The second kappa shape index (κ2) is 2.47. The Bertz CT molecular complexity index is 304. The Morgan fingerprint density at radius 1 is 1.67 bits per heavy atom. The molecule has 1 aromatic rings. The van der Waals surface area contributed by atoms with E-state index in [4.69, 9.17) is 21.8 Å². The van der Waals surface area contributed by atoms with E-state index >= 15 is 0 Å². The summed E-state index contributed by atoms with van der Waals surface area (Å²) in [7, 11) is 0. The van der Waals surface area contributed by atoms with Crippen molar-refractivity contribution in [2.45, 2.75) is 31.7 Å². The standard InChI is InChI=1S/C8H11ClN2O/c1-2-5-11-6(7(9)12-5)8(10)3-4-8/h2-4,10H2,1H3. The lowest BCUT2D eigenvalue weighted by atomic mass is 10.2. The van der Waals surface area contributed by atoms with Crippen LogP contribution in [0.4, 0.5) is 0 Å². The third-order valence-corrected chi connectivity index (χ3v) is 2.45. The highest BCUT2D eigenvalue weighted by molar-refractivity contribution is 6.29. The monoisotopic (exact) mass is 186 g/mol. The molecular formula is C8H11ClN2O. The van der Waals surface area contributed by atoms with E-state index in [0.717, 1.165) is 25.0 Å². The lowest BCUT2D eigenvalue weighted by Gasteiger charge is -2.01. The second-order valence-corrected chi connectivity index (χ2v) is 3.58. The van der Waals surface area contributed by atoms with Crippen LogP contribution in [-0.2, 0) is 12.0 Å². The number of rotatable bonds is 2. The minimum absolute atomic E-state index is 0.284. The number of hydrogen-bond donors (Lipinski definition) is 1. The molecule has 0 aliphatic heterocycles. The van der Waals surface area contributed by atoms with E-state index in [1.165, 1.54) is 0 Å². The zero-order chi connectivity index (χ0) is 8.77. The van der Waals surface area contributed by atoms with Crippen molar-refractivity contribution < 1.29 is 4.42 Å². The first-order valence-corrected chi connectivity index (χ1v) is 4.48. The van der Waals surface area contributed by atoms with Gasteiger partial charge in [-0.05, 0) is 24.4 Å². The Kier molecular flexibility index (Phi) is 1.66. The van der Waals surface area contributed by atoms with Crippen molar-refractivity contribution in [3.8, 4) is 0 Å². The zero-order valence-corrected chi connectivity index (χ0v) is 7.69. The summed E-state index contributed by atoms with van der Waals surface area (Å²) in [4.78, 5) is 4.24. The Morgan fingerprint density at radius 3 is 2.75 bits per heavy atom. The second-order valence-electron chi connectivity index (χ2n) is 3.24. The van der Waals surface area contributed by atoms with Gasteiger partial charge < -0.3 is 10.2 Å². The molecule has 0 atom stereocenters.